The average Bonchev–Trinajstić information content (AvgIpc) is 1.69. The van der Waals surface area contributed by atoms with Crippen molar-refractivity contribution >= 4 is 0 Å². The second kappa shape index (κ2) is 3.00. The summed E-state index contributed by atoms with van der Waals surface area (Å²) in [6, 6.07) is 0. The van der Waals surface area contributed by atoms with Gasteiger partial charge in [0.2, 0.25) is 5.92 Å². The van der Waals surface area contributed by atoms with Gasteiger partial charge in [-0.3, -0.25) is 0 Å². The van der Waals surface area contributed by atoms with Crippen LogP contribution in [0.3, 0.4) is 0 Å². The summed E-state index contributed by atoms with van der Waals surface area (Å²) in [6.07, 6.45) is 0.951. The van der Waals surface area contributed by atoms with Gasteiger partial charge in [-0.1, -0.05) is 13.8 Å². The van der Waals surface area contributed by atoms with Crippen LogP contribution in [0.4, 0.5) is 8.78 Å². The average molecular weight is 122 g/mol. The van der Waals surface area contributed by atoms with Crippen LogP contribution in [-0.4, -0.2) is 5.92 Å². The van der Waals surface area contributed by atoms with Crippen LogP contribution in [-0.2, 0) is 0 Å². The second-order valence-corrected chi connectivity index (χ2v) is 1.71. The van der Waals surface area contributed by atoms with Gasteiger partial charge >= 0.3 is 0 Å². The van der Waals surface area contributed by atoms with Gasteiger partial charge in [-0.25, -0.2) is 8.78 Å². The lowest BCUT2D eigenvalue weighted by Gasteiger charge is -2.23. The molecule has 1 fully saturated rings. The van der Waals surface area contributed by atoms with Gasteiger partial charge in [0.1, 0.15) is 0 Å². The summed E-state index contributed by atoms with van der Waals surface area (Å²) >= 11 is 0. The Labute approximate surface area is 48.9 Å². The zero-order chi connectivity index (χ0) is 6.62. The largest absolute Gasteiger partial charge is 0.248 e. The lowest BCUT2D eigenvalue weighted by molar-refractivity contribution is -0.0716. The maximum atomic E-state index is 11.5. The molecular formula is C6H12F2. The number of halogens is 2. The fourth-order valence-electron chi connectivity index (χ4n) is 0.444. The van der Waals surface area contributed by atoms with Crippen LogP contribution in [0.5, 0.6) is 0 Å². The monoisotopic (exact) mass is 122 g/mol. The molecule has 0 aromatic heterocycles. The Morgan fingerprint density at radius 1 is 1.12 bits per heavy atom. The molecule has 0 radical (unpaired) electrons. The standard InChI is InChI=1S/C4H6F2.C2H6/c5-4(6)2-1-3-4;1-2/h1-3H2;1-2H3. The Kier molecular flexibility index (Phi) is 2.95. The fourth-order valence-corrected chi connectivity index (χ4v) is 0.444. The van der Waals surface area contributed by atoms with Crippen LogP contribution in [0.15, 0.2) is 0 Å². The van der Waals surface area contributed by atoms with E-state index in [4.69, 9.17) is 0 Å². The van der Waals surface area contributed by atoms with Gasteiger partial charge in [0, 0.05) is 12.8 Å². The predicted octanol–water partition coefficient (Wildman–Crippen LogP) is 2.83. The molecule has 0 bridgehead atoms. The zero-order valence-electron chi connectivity index (χ0n) is 5.38. The van der Waals surface area contributed by atoms with E-state index in [9.17, 15) is 8.78 Å². The molecule has 50 valence electrons. The van der Waals surface area contributed by atoms with Gasteiger partial charge in [0.25, 0.3) is 0 Å². The summed E-state index contributed by atoms with van der Waals surface area (Å²) in [4.78, 5) is 0. The highest BCUT2D eigenvalue weighted by Crippen LogP contribution is 2.36. The van der Waals surface area contributed by atoms with Crippen molar-refractivity contribution in [2.24, 2.45) is 0 Å². The maximum Gasteiger partial charge on any atom is 0.248 e. The molecule has 0 amide bonds. The van der Waals surface area contributed by atoms with Gasteiger partial charge in [0.15, 0.2) is 0 Å². The molecule has 0 N–H and O–H groups in total. The highest BCUT2D eigenvalue weighted by atomic mass is 19.3. The molecule has 0 saturated heterocycles. The van der Waals surface area contributed by atoms with Crippen molar-refractivity contribution in [3.63, 3.8) is 0 Å². The first-order valence-corrected chi connectivity index (χ1v) is 3.09. The molecular weight excluding hydrogens is 110 g/mol. The number of hydrogen-bond donors (Lipinski definition) is 0. The predicted molar refractivity (Wildman–Crippen MR) is 30.1 cm³/mol. The molecule has 0 heterocycles. The minimum atomic E-state index is -2.28. The SMILES string of the molecule is CC.FC1(F)CCC1. The van der Waals surface area contributed by atoms with Crippen molar-refractivity contribution in [3.8, 4) is 0 Å². The summed E-state index contributed by atoms with van der Waals surface area (Å²) in [5.41, 5.74) is 0. The van der Waals surface area contributed by atoms with Gasteiger partial charge in [0.05, 0.1) is 0 Å². The van der Waals surface area contributed by atoms with Crippen molar-refractivity contribution in [1.82, 2.24) is 0 Å². The Balaban J connectivity index is 0.000000222. The number of alkyl halides is 2. The minimum absolute atomic E-state index is 0.118. The van der Waals surface area contributed by atoms with E-state index >= 15 is 0 Å². The lowest BCUT2D eigenvalue weighted by Crippen LogP contribution is -2.24. The summed E-state index contributed by atoms with van der Waals surface area (Å²) in [5, 5.41) is 0. The molecule has 0 aromatic rings. The minimum Gasteiger partial charge on any atom is -0.207 e. The molecule has 0 aliphatic heterocycles. The van der Waals surface area contributed by atoms with Crippen LogP contribution in [0, 0.1) is 0 Å². The highest BCUT2D eigenvalue weighted by molar-refractivity contribution is 4.75. The van der Waals surface area contributed by atoms with Gasteiger partial charge in [-0.05, 0) is 6.42 Å². The summed E-state index contributed by atoms with van der Waals surface area (Å²) < 4.78 is 23.1. The van der Waals surface area contributed by atoms with Crippen molar-refractivity contribution in [3.05, 3.63) is 0 Å². The first-order valence-electron chi connectivity index (χ1n) is 3.09. The molecule has 8 heavy (non-hydrogen) atoms. The van der Waals surface area contributed by atoms with Crippen LogP contribution < -0.4 is 0 Å². The van der Waals surface area contributed by atoms with Crippen molar-refractivity contribution in [2.45, 2.75) is 39.0 Å². The lowest BCUT2D eigenvalue weighted by atomic mass is 9.95. The van der Waals surface area contributed by atoms with E-state index in [2.05, 4.69) is 0 Å². The van der Waals surface area contributed by atoms with E-state index in [0.717, 1.165) is 0 Å². The molecule has 1 rings (SSSR count). The zero-order valence-corrected chi connectivity index (χ0v) is 5.38. The Hall–Kier alpha value is -0.140. The number of rotatable bonds is 0. The van der Waals surface area contributed by atoms with Crippen molar-refractivity contribution < 1.29 is 8.78 Å². The molecule has 0 aromatic carbocycles. The molecule has 1 aliphatic rings. The van der Waals surface area contributed by atoms with Gasteiger partial charge in [-0.2, -0.15) is 0 Å². The first kappa shape index (κ1) is 7.86. The topological polar surface area (TPSA) is 0 Å². The molecule has 0 unspecified atom stereocenters. The van der Waals surface area contributed by atoms with E-state index in [1.165, 1.54) is 0 Å². The Morgan fingerprint density at radius 3 is 1.38 bits per heavy atom. The Bertz CT molecular complexity index is 53.5. The molecule has 1 aliphatic carbocycles. The maximum absolute atomic E-state index is 11.5. The summed E-state index contributed by atoms with van der Waals surface area (Å²) in [5.74, 6) is -2.28. The van der Waals surface area contributed by atoms with Gasteiger partial charge < -0.3 is 0 Å². The smallest absolute Gasteiger partial charge is 0.207 e. The van der Waals surface area contributed by atoms with E-state index in [-0.39, 0.29) is 12.8 Å². The van der Waals surface area contributed by atoms with Crippen LogP contribution in [0.25, 0.3) is 0 Å². The molecule has 2 heteroatoms. The second-order valence-electron chi connectivity index (χ2n) is 1.71. The number of hydrogen-bond acceptors (Lipinski definition) is 0. The van der Waals surface area contributed by atoms with E-state index in [1.54, 1.807) is 0 Å². The molecule has 0 spiro atoms. The quantitative estimate of drug-likeness (QED) is 0.463. The fraction of sp³-hybridized carbons (Fsp3) is 1.00. The summed E-state index contributed by atoms with van der Waals surface area (Å²) in [6.45, 7) is 4.00. The van der Waals surface area contributed by atoms with E-state index in [1.807, 2.05) is 13.8 Å². The van der Waals surface area contributed by atoms with Crippen LogP contribution in [0.2, 0.25) is 0 Å². The summed E-state index contributed by atoms with van der Waals surface area (Å²) in [7, 11) is 0. The molecule has 0 atom stereocenters. The van der Waals surface area contributed by atoms with Crippen molar-refractivity contribution in [2.75, 3.05) is 0 Å². The Morgan fingerprint density at radius 2 is 1.38 bits per heavy atom. The molecule has 1 saturated carbocycles. The third kappa shape index (κ3) is 2.24. The van der Waals surface area contributed by atoms with Gasteiger partial charge in [-0.15, -0.1) is 0 Å². The third-order valence-corrected chi connectivity index (χ3v) is 1.09. The highest BCUT2D eigenvalue weighted by Gasteiger charge is 2.36. The first-order chi connectivity index (χ1) is 3.71. The van der Waals surface area contributed by atoms with Crippen LogP contribution in [0.1, 0.15) is 33.1 Å². The third-order valence-electron chi connectivity index (χ3n) is 1.09. The molecule has 0 nitrogen and oxygen atoms in total. The normalized spacial score (nSPS) is 22.5. The van der Waals surface area contributed by atoms with Crippen LogP contribution >= 0.6 is 0 Å². The van der Waals surface area contributed by atoms with E-state index < -0.39 is 5.92 Å². The van der Waals surface area contributed by atoms with Crippen molar-refractivity contribution in [1.29, 1.82) is 0 Å². The van der Waals surface area contributed by atoms with E-state index in [0.29, 0.717) is 6.42 Å².